The predicted octanol–water partition coefficient (Wildman–Crippen LogP) is 2.97. The molecule has 2 aromatic carbocycles. The van der Waals surface area contributed by atoms with Crippen molar-refractivity contribution in [2.75, 3.05) is 13.2 Å². The molecule has 0 aliphatic carbocycles. The lowest BCUT2D eigenvalue weighted by Crippen LogP contribution is -2.44. The topological polar surface area (TPSA) is 107 Å². The van der Waals surface area contributed by atoms with Crippen LogP contribution in [0.2, 0.25) is 0 Å². The molecule has 0 aromatic heterocycles. The quantitative estimate of drug-likeness (QED) is 0.340. The third-order valence-corrected chi connectivity index (χ3v) is 4.69. The monoisotopic (exact) mass is 424 g/mol. The fourth-order valence-electron chi connectivity index (χ4n) is 3.28. The zero-order chi connectivity index (χ0) is 22.2. The van der Waals surface area contributed by atoms with Crippen LogP contribution in [-0.2, 0) is 16.1 Å². The van der Waals surface area contributed by atoms with Crippen LogP contribution in [0.3, 0.4) is 0 Å². The molecule has 8 nitrogen and oxygen atoms in total. The van der Waals surface area contributed by atoms with E-state index in [-0.39, 0.29) is 6.61 Å². The van der Waals surface area contributed by atoms with E-state index in [0.717, 1.165) is 11.1 Å². The summed E-state index contributed by atoms with van der Waals surface area (Å²) in [4.78, 5) is 17.2. The molecule has 3 rings (SSSR count). The number of aliphatic imine (C=N–C) groups is 1. The van der Waals surface area contributed by atoms with E-state index in [0.29, 0.717) is 41.9 Å². The molecule has 4 N–H and O–H groups in total. The first-order valence-corrected chi connectivity index (χ1v) is 10.2. The fraction of sp³-hybridized carbons (Fsp3) is 0.304. The van der Waals surface area contributed by atoms with Gasteiger partial charge in [0.05, 0.1) is 18.8 Å². The van der Waals surface area contributed by atoms with Crippen molar-refractivity contribution in [3.8, 4) is 11.5 Å². The second-order valence-corrected chi connectivity index (χ2v) is 6.82. The average molecular weight is 425 g/mol. The largest absolute Gasteiger partial charge is 0.490 e. The molecule has 164 valence electrons. The number of guanidine groups is 1. The van der Waals surface area contributed by atoms with Crippen LogP contribution < -0.4 is 26.1 Å². The lowest BCUT2D eigenvalue weighted by Gasteiger charge is -2.26. The van der Waals surface area contributed by atoms with Gasteiger partial charge in [-0.2, -0.15) is 0 Å². The van der Waals surface area contributed by atoms with Crippen LogP contribution in [0.1, 0.15) is 37.9 Å². The van der Waals surface area contributed by atoms with Crippen molar-refractivity contribution in [3.05, 3.63) is 70.9 Å². The second kappa shape index (κ2) is 10.5. The van der Waals surface area contributed by atoms with Gasteiger partial charge in [-0.25, -0.2) is 15.6 Å². The Hall–Kier alpha value is -3.52. The van der Waals surface area contributed by atoms with Crippen LogP contribution in [-0.4, -0.2) is 25.1 Å². The fourth-order valence-corrected chi connectivity index (χ4v) is 3.28. The summed E-state index contributed by atoms with van der Waals surface area (Å²) in [5.41, 5.74) is 5.36. The Morgan fingerprint density at radius 3 is 2.55 bits per heavy atom. The van der Waals surface area contributed by atoms with E-state index in [9.17, 15) is 4.79 Å². The van der Waals surface area contributed by atoms with Crippen molar-refractivity contribution in [1.29, 1.82) is 0 Å². The third kappa shape index (κ3) is 5.35. The maximum atomic E-state index is 12.6. The molecule has 1 heterocycles. The second-order valence-electron chi connectivity index (χ2n) is 6.82. The SMILES string of the molecule is CCOC(=O)C1=C(C)NC(NN)=N[C@@H]1c1ccc(OCc2ccccc2)c(OCC)c1. The molecule has 1 atom stereocenters. The van der Waals surface area contributed by atoms with Gasteiger partial charge in [0, 0.05) is 5.70 Å². The van der Waals surface area contributed by atoms with Gasteiger partial charge in [0.25, 0.3) is 0 Å². The van der Waals surface area contributed by atoms with Crippen molar-refractivity contribution in [3.63, 3.8) is 0 Å². The van der Waals surface area contributed by atoms with Crippen LogP contribution in [0, 0.1) is 0 Å². The van der Waals surface area contributed by atoms with Crippen molar-refractivity contribution in [2.24, 2.45) is 10.8 Å². The summed E-state index contributed by atoms with van der Waals surface area (Å²) in [6.45, 7) is 6.61. The number of nitrogens with zero attached hydrogens (tertiary/aromatic N) is 1. The van der Waals surface area contributed by atoms with E-state index < -0.39 is 12.0 Å². The third-order valence-electron chi connectivity index (χ3n) is 4.69. The molecule has 0 amide bonds. The van der Waals surface area contributed by atoms with Crippen LogP contribution in [0.25, 0.3) is 0 Å². The van der Waals surface area contributed by atoms with Gasteiger partial charge in [-0.1, -0.05) is 36.4 Å². The van der Waals surface area contributed by atoms with E-state index >= 15 is 0 Å². The van der Waals surface area contributed by atoms with Crippen molar-refractivity contribution in [2.45, 2.75) is 33.4 Å². The minimum atomic E-state index is -0.603. The smallest absolute Gasteiger partial charge is 0.338 e. The first kappa shape index (κ1) is 22.2. The Morgan fingerprint density at radius 1 is 1.10 bits per heavy atom. The lowest BCUT2D eigenvalue weighted by atomic mass is 9.96. The average Bonchev–Trinajstić information content (AvgIpc) is 2.78. The first-order chi connectivity index (χ1) is 15.1. The number of hydrogen-bond donors (Lipinski definition) is 3. The van der Waals surface area contributed by atoms with Gasteiger partial charge >= 0.3 is 5.97 Å². The minimum absolute atomic E-state index is 0.268. The molecular formula is C23H28N4O4. The molecule has 0 spiro atoms. The molecular weight excluding hydrogens is 396 g/mol. The van der Waals surface area contributed by atoms with Gasteiger partial charge in [0.1, 0.15) is 12.6 Å². The van der Waals surface area contributed by atoms with Crippen LogP contribution in [0.5, 0.6) is 11.5 Å². The highest BCUT2D eigenvalue weighted by molar-refractivity contribution is 5.95. The molecule has 1 aliphatic heterocycles. The maximum Gasteiger partial charge on any atom is 0.338 e. The molecule has 0 bridgehead atoms. The molecule has 0 saturated carbocycles. The number of ether oxygens (including phenoxy) is 3. The van der Waals surface area contributed by atoms with Crippen LogP contribution >= 0.6 is 0 Å². The maximum absolute atomic E-state index is 12.6. The number of carbonyl (C=O) groups excluding carboxylic acids is 1. The molecule has 0 saturated heterocycles. The molecule has 0 unspecified atom stereocenters. The Balaban J connectivity index is 1.93. The number of nitrogens with two attached hydrogens (primary N) is 1. The number of benzene rings is 2. The number of carbonyl (C=O) groups is 1. The Kier molecular flexibility index (Phi) is 7.50. The van der Waals surface area contributed by atoms with E-state index in [1.165, 1.54) is 0 Å². The Bertz CT molecular complexity index is 973. The number of esters is 1. The minimum Gasteiger partial charge on any atom is -0.490 e. The Labute approximate surface area is 182 Å². The number of allylic oxidation sites excluding steroid dienone is 1. The summed E-state index contributed by atoms with van der Waals surface area (Å²) in [6, 6.07) is 14.8. The molecule has 0 fully saturated rings. The summed E-state index contributed by atoms with van der Waals surface area (Å²) < 4.78 is 17.1. The summed E-state index contributed by atoms with van der Waals surface area (Å²) in [5.74, 6) is 6.67. The van der Waals surface area contributed by atoms with E-state index in [1.807, 2.05) is 55.5 Å². The van der Waals surface area contributed by atoms with Crippen LogP contribution in [0.4, 0.5) is 0 Å². The molecule has 1 aliphatic rings. The standard InChI is InChI=1S/C23H28N4O4/c1-4-29-19-13-17(11-12-18(19)31-14-16-9-7-6-8-10-16)21-20(22(28)30-5-2)15(3)25-23(26-21)27-24/h6-13,21H,4-5,14,24H2,1-3H3,(H2,25,26,27)/t21-/m1/s1. The highest BCUT2D eigenvalue weighted by Crippen LogP contribution is 2.37. The van der Waals surface area contributed by atoms with Gasteiger partial charge in [-0.3, -0.25) is 5.43 Å². The zero-order valence-corrected chi connectivity index (χ0v) is 18.0. The van der Waals surface area contributed by atoms with Crippen LogP contribution in [0.15, 0.2) is 64.8 Å². The van der Waals surface area contributed by atoms with Gasteiger partial charge < -0.3 is 19.5 Å². The summed E-state index contributed by atoms with van der Waals surface area (Å²) in [7, 11) is 0. The van der Waals surface area contributed by atoms with Crippen molar-refractivity contribution < 1.29 is 19.0 Å². The van der Waals surface area contributed by atoms with Gasteiger partial charge in [0.15, 0.2) is 11.5 Å². The highest BCUT2D eigenvalue weighted by atomic mass is 16.5. The summed E-state index contributed by atoms with van der Waals surface area (Å²) in [5, 5.41) is 2.98. The Morgan fingerprint density at radius 2 is 1.87 bits per heavy atom. The highest BCUT2D eigenvalue weighted by Gasteiger charge is 2.31. The summed E-state index contributed by atoms with van der Waals surface area (Å²) >= 11 is 0. The van der Waals surface area contributed by atoms with Gasteiger partial charge in [-0.15, -0.1) is 0 Å². The molecule has 2 aromatic rings. The van der Waals surface area contributed by atoms with E-state index in [4.69, 9.17) is 20.1 Å². The van der Waals surface area contributed by atoms with Gasteiger partial charge in [-0.05, 0) is 44.0 Å². The molecule has 0 radical (unpaired) electrons. The molecule has 8 heteroatoms. The number of nitrogens with one attached hydrogen (secondary N) is 2. The predicted molar refractivity (Wildman–Crippen MR) is 118 cm³/mol. The number of rotatable bonds is 8. The van der Waals surface area contributed by atoms with Crippen molar-refractivity contribution >= 4 is 11.9 Å². The number of hydrazine groups is 1. The van der Waals surface area contributed by atoms with E-state index in [1.54, 1.807) is 13.8 Å². The normalized spacial score (nSPS) is 15.6. The number of hydrogen-bond acceptors (Lipinski definition) is 8. The zero-order valence-electron chi connectivity index (χ0n) is 18.0. The summed E-state index contributed by atoms with van der Waals surface area (Å²) in [6.07, 6.45) is 0. The lowest BCUT2D eigenvalue weighted by molar-refractivity contribution is -0.138. The molecule has 31 heavy (non-hydrogen) atoms. The first-order valence-electron chi connectivity index (χ1n) is 10.2. The van der Waals surface area contributed by atoms with Gasteiger partial charge in [0.2, 0.25) is 5.96 Å². The van der Waals surface area contributed by atoms with Crippen molar-refractivity contribution in [1.82, 2.24) is 10.7 Å². The van der Waals surface area contributed by atoms with E-state index in [2.05, 4.69) is 15.7 Å².